The molecule has 0 aliphatic carbocycles. The first-order valence-corrected chi connectivity index (χ1v) is 8.86. The van der Waals surface area contributed by atoms with Crippen molar-refractivity contribution in [2.24, 2.45) is 0 Å². The molecule has 2 aliphatic rings. The van der Waals surface area contributed by atoms with Gasteiger partial charge in [-0.3, -0.25) is 0 Å². The number of fused-ring (bicyclic) bond motifs is 2. The van der Waals surface area contributed by atoms with Gasteiger partial charge in [0, 0.05) is 25.2 Å². The van der Waals surface area contributed by atoms with E-state index in [0.717, 1.165) is 32.5 Å². The Balaban J connectivity index is 1.96. The van der Waals surface area contributed by atoms with Crippen LogP contribution in [-0.4, -0.2) is 49.3 Å². The van der Waals surface area contributed by atoms with Crippen LogP contribution < -0.4 is 0 Å². The molecule has 2 aliphatic heterocycles. The lowest BCUT2D eigenvalue weighted by Crippen LogP contribution is -2.55. The largest absolute Gasteiger partial charge is 0.300 e. The Morgan fingerprint density at radius 2 is 1.80 bits per heavy atom. The number of halogens is 1. The Hall–Kier alpha value is -0.620. The summed E-state index contributed by atoms with van der Waals surface area (Å²) in [5, 5.41) is 0.310. The Kier molecular flexibility index (Phi) is 3.79. The number of piperazine rings is 1. The van der Waals surface area contributed by atoms with Crippen molar-refractivity contribution < 1.29 is 8.42 Å². The maximum atomic E-state index is 12.9. The zero-order valence-corrected chi connectivity index (χ0v) is 13.1. The predicted octanol–water partition coefficient (Wildman–Crippen LogP) is 2.20. The number of rotatable bonds is 3. The summed E-state index contributed by atoms with van der Waals surface area (Å²) >= 11 is 6.08. The lowest BCUT2D eigenvalue weighted by molar-refractivity contribution is 0.135. The lowest BCUT2D eigenvalue weighted by Gasteiger charge is -2.39. The van der Waals surface area contributed by atoms with Gasteiger partial charge in [-0.25, -0.2) is 8.42 Å². The molecule has 1 aromatic rings. The maximum absolute atomic E-state index is 12.9. The molecule has 0 radical (unpaired) electrons. The second kappa shape index (κ2) is 5.30. The molecule has 20 heavy (non-hydrogen) atoms. The summed E-state index contributed by atoms with van der Waals surface area (Å²) in [6.45, 7) is 4.76. The van der Waals surface area contributed by atoms with Crippen LogP contribution in [0.2, 0.25) is 5.02 Å². The maximum Gasteiger partial charge on any atom is 0.245 e. The van der Waals surface area contributed by atoms with Gasteiger partial charge >= 0.3 is 0 Å². The van der Waals surface area contributed by atoms with E-state index in [1.807, 2.05) is 0 Å². The van der Waals surface area contributed by atoms with Crippen LogP contribution in [-0.2, 0) is 10.0 Å². The highest BCUT2D eigenvalue weighted by Gasteiger charge is 2.46. The van der Waals surface area contributed by atoms with Crippen LogP contribution in [0.3, 0.4) is 0 Å². The highest BCUT2D eigenvalue weighted by atomic mass is 35.5. The Morgan fingerprint density at radius 3 is 2.35 bits per heavy atom. The average molecular weight is 315 g/mol. The highest BCUT2D eigenvalue weighted by Crippen LogP contribution is 2.36. The fourth-order valence-corrected chi connectivity index (χ4v) is 5.72. The van der Waals surface area contributed by atoms with Crippen molar-refractivity contribution in [3.05, 3.63) is 29.3 Å². The molecule has 2 unspecified atom stereocenters. The standard InChI is InChI=1S/C14H19ClN2O2S/c1-2-16-9-11-7-8-12(10-16)17(11)20(18,19)14-6-4-3-5-13(14)15/h3-6,11-12H,2,7-10H2,1H3. The van der Waals surface area contributed by atoms with Crippen LogP contribution in [0.1, 0.15) is 19.8 Å². The van der Waals surface area contributed by atoms with E-state index >= 15 is 0 Å². The van der Waals surface area contributed by atoms with Crippen LogP contribution in [0.4, 0.5) is 0 Å². The molecular formula is C14H19ClN2O2S. The molecule has 0 aromatic heterocycles. The van der Waals surface area contributed by atoms with Crippen molar-refractivity contribution in [3.8, 4) is 0 Å². The minimum Gasteiger partial charge on any atom is -0.300 e. The van der Waals surface area contributed by atoms with E-state index in [1.165, 1.54) is 0 Å². The highest BCUT2D eigenvalue weighted by molar-refractivity contribution is 7.89. The number of hydrogen-bond acceptors (Lipinski definition) is 3. The second-order valence-electron chi connectivity index (χ2n) is 5.50. The SMILES string of the molecule is CCN1CC2CCC(C1)N2S(=O)(=O)c1ccccc1Cl. The third-order valence-corrected chi connectivity index (χ3v) is 6.83. The lowest BCUT2D eigenvalue weighted by atomic mass is 10.2. The molecule has 3 rings (SSSR count). The van der Waals surface area contributed by atoms with Crippen molar-refractivity contribution in [2.45, 2.75) is 36.7 Å². The van der Waals surface area contributed by atoms with Crippen LogP contribution in [0, 0.1) is 0 Å². The summed E-state index contributed by atoms with van der Waals surface area (Å²) in [6, 6.07) is 6.90. The quantitative estimate of drug-likeness (QED) is 0.859. The van der Waals surface area contributed by atoms with Crippen LogP contribution >= 0.6 is 11.6 Å². The number of sulfonamides is 1. The molecule has 0 N–H and O–H groups in total. The summed E-state index contributed by atoms with van der Waals surface area (Å²) in [5.74, 6) is 0. The molecule has 0 amide bonds. The molecule has 2 saturated heterocycles. The van der Waals surface area contributed by atoms with Crippen molar-refractivity contribution in [3.63, 3.8) is 0 Å². The van der Waals surface area contributed by atoms with E-state index in [0.29, 0.717) is 5.02 Å². The Bertz CT molecular complexity index is 591. The van der Waals surface area contributed by atoms with E-state index in [9.17, 15) is 8.42 Å². The normalized spacial score (nSPS) is 27.9. The van der Waals surface area contributed by atoms with Crippen LogP contribution in [0.15, 0.2) is 29.2 Å². The number of benzene rings is 1. The number of nitrogens with zero attached hydrogens (tertiary/aromatic N) is 2. The molecule has 1 aromatic carbocycles. The van der Waals surface area contributed by atoms with Crippen molar-refractivity contribution in [2.75, 3.05) is 19.6 Å². The molecule has 6 heteroatoms. The van der Waals surface area contributed by atoms with E-state index in [2.05, 4.69) is 11.8 Å². The summed E-state index contributed by atoms with van der Waals surface area (Å²) < 4.78 is 27.5. The van der Waals surface area contributed by atoms with Gasteiger partial charge in [0.25, 0.3) is 0 Å². The molecule has 0 spiro atoms. The topological polar surface area (TPSA) is 40.6 Å². The summed E-state index contributed by atoms with van der Waals surface area (Å²) in [7, 11) is -3.49. The molecule has 110 valence electrons. The van der Waals surface area contributed by atoms with Crippen molar-refractivity contribution >= 4 is 21.6 Å². The molecule has 2 fully saturated rings. The monoisotopic (exact) mass is 314 g/mol. The zero-order chi connectivity index (χ0) is 14.3. The second-order valence-corrected chi connectivity index (χ2v) is 7.72. The first kappa shape index (κ1) is 14.3. The van der Waals surface area contributed by atoms with Crippen molar-refractivity contribution in [1.29, 1.82) is 0 Å². The van der Waals surface area contributed by atoms with Gasteiger partial charge in [-0.2, -0.15) is 4.31 Å². The zero-order valence-electron chi connectivity index (χ0n) is 11.5. The molecule has 2 bridgehead atoms. The third kappa shape index (κ3) is 2.26. The van der Waals surface area contributed by atoms with Gasteiger partial charge in [-0.1, -0.05) is 30.7 Å². The molecule has 4 nitrogen and oxygen atoms in total. The number of likely N-dealkylation sites (tertiary alicyclic amines) is 1. The Morgan fingerprint density at radius 1 is 1.20 bits per heavy atom. The summed E-state index contributed by atoms with van der Waals surface area (Å²) in [6.07, 6.45) is 1.90. The minimum atomic E-state index is -3.49. The summed E-state index contributed by atoms with van der Waals surface area (Å²) in [5.41, 5.74) is 0. The van der Waals surface area contributed by atoms with E-state index < -0.39 is 10.0 Å². The van der Waals surface area contributed by atoms with Crippen molar-refractivity contribution in [1.82, 2.24) is 9.21 Å². The van der Waals surface area contributed by atoms with E-state index in [-0.39, 0.29) is 17.0 Å². The molecule has 2 atom stereocenters. The molecule has 0 saturated carbocycles. The molecular weight excluding hydrogens is 296 g/mol. The van der Waals surface area contributed by atoms with Gasteiger partial charge in [0.15, 0.2) is 0 Å². The van der Waals surface area contributed by atoms with Gasteiger partial charge in [0.05, 0.1) is 5.02 Å². The first-order valence-electron chi connectivity index (χ1n) is 7.04. The van der Waals surface area contributed by atoms with Gasteiger partial charge < -0.3 is 4.90 Å². The van der Waals surface area contributed by atoms with Gasteiger partial charge in [-0.15, -0.1) is 0 Å². The van der Waals surface area contributed by atoms with Crippen LogP contribution in [0.5, 0.6) is 0 Å². The number of hydrogen-bond donors (Lipinski definition) is 0. The molecule has 2 heterocycles. The van der Waals surface area contributed by atoms with Gasteiger partial charge in [-0.05, 0) is 31.5 Å². The fraction of sp³-hybridized carbons (Fsp3) is 0.571. The van der Waals surface area contributed by atoms with Crippen LogP contribution in [0.25, 0.3) is 0 Å². The third-order valence-electron chi connectivity index (χ3n) is 4.33. The van der Waals surface area contributed by atoms with E-state index in [1.54, 1.807) is 28.6 Å². The van der Waals surface area contributed by atoms with Gasteiger partial charge in [0.1, 0.15) is 4.90 Å². The fourth-order valence-electron chi connectivity index (χ4n) is 3.37. The first-order chi connectivity index (χ1) is 9.54. The summed E-state index contributed by atoms with van der Waals surface area (Å²) in [4.78, 5) is 2.57. The average Bonchev–Trinajstić information content (AvgIpc) is 2.71. The smallest absolute Gasteiger partial charge is 0.245 e. The Labute approximate surface area is 125 Å². The van der Waals surface area contributed by atoms with E-state index in [4.69, 9.17) is 11.6 Å². The predicted molar refractivity (Wildman–Crippen MR) is 79.4 cm³/mol. The minimum absolute atomic E-state index is 0.0926. The number of likely N-dealkylation sites (N-methyl/N-ethyl adjacent to an activating group) is 1. The van der Waals surface area contributed by atoms with Gasteiger partial charge in [0.2, 0.25) is 10.0 Å².